The van der Waals surface area contributed by atoms with Crippen LogP contribution in [0.2, 0.25) is 0 Å². The molecule has 2 aromatic carbocycles. The molecule has 1 atom stereocenters. The van der Waals surface area contributed by atoms with E-state index in [2.05, 4.69) is 12.1 Å². The molecule has 6 heteroatoms. The number of halogens is 3. The minimum absolute atomic E-state index is 0.102. The van der Waals surface area contributed by atoms with Crippen molar-refractivity contribution >= 4 is 0 Å². The van der Waals surface area contributed by atoms with E-state index >= 15 is 0 Å². The van der Waals surface area contributed by atoms with E-state index in [-0.39, 0.29) is 13.2 Å². The summed E-state index contributed by atoms with van der Waals surface area (Å²) in [5.41, 5.74) is 2.18. The van der Waals surface area contributed by atoms with Crippen LogP contribution in [0.3, 0.4) is 0 Å². The second kappa shape index (κ2) is 8.56. The van der Waals surface area contributed by atoms with Gasteiger partial charge in [0.2, 0.25) is 0 Å². The second-order valence-electron chi connectivity index (χ2n) is 6.36. The fourth-order valence-electron chi connectivity index (χ4n) is 2.92. The van der Waals surface area contributed by atoms with Gasteiger partial charge in [0.1, 0.15) is 5.75 Å². The maximum Gasteiger partial charge on any atom is 0.415 e. The zero-order chi connectivity index (χ0) is 18.4. The van der Waals surface area contributed by atoms with E-state index in [0.29, 0.717) is 19.7 Å². The van der Waals surface area contributed by atoms with Gasteiger partial charge in [-0.2, -0.15) is 13.2 Å². The van der Waals surface area contributed by atoms with Gasteiger partial charge < -0.3 is 9.47 Å². The summed E-state index contributed by atoms with van der Waals surface area (Å²) in [4.78, 5) is 1.77. The van der Waals surface area contributed by atoms with Gasteiger partial charge in [0.05, 0.1) is 13.2 Å². The number of morpholine rings is 1. The molecule has 140 valence electrons. The normalized spacial score (nSPS) is 18.7. The molecule has 0 unspecified atom stereocenters. The summed E-state index contributed by atoms with van der Waals surface area (Å²) < 4.78 is 48.9. The molecule has 3 nitrogen and oxygen atoms in total. The first-order chi connectivity index (χ1) is 12.5. The van der Waals surface area contributed by atoms with Crippen LogP contribution >= 0.6 is 0 Å². The van der Waals surface area contributed by atoms with Crippen LogP contribution in [0.4, 0.5) is 13.2 Å². The standard InChI is InChI=1S/C20H22F3NO2/c21-20(22,23)19-15-24(11-13-26-19)14-17-6-8-18(9-7-17)25-12-10-16-4-2-1-3-5-16/h1-9,19H,10-15H2/t19-/m0/s1. The highest BCUT2D eigenvalue weighted by Gasteiger charge is 2.43. The van der Waals surface area contributed by atoms with Gasteiger partial charge >= 0.3 is 6.18 Å². The van der Waals surface area contributed by atoms with Gasteiger partial charge in [-0.15, -0.1) is 0 Å². The number of benzene rings is 2. The van der Waals surface area contributed by atoms with Gasteiger partial charge in [0.25, 0.3) is 0 Å². The SMILES string of the molecule is FC(F)(F)[C@@H]1CN(Cc2ccc(OCCc3ccccc3)cc2)CCO1. The lowest BCUT2D eigenvalue weighted by atomic mass is 10.1. The van der Waals surface area contributed by atoms with Crippen LogP contribution in [-0.2, 0) is 17.7 Å². The Balaban J connectivity index is 1.47. The Hall–Kier alpha value is -2.05. The molecule has 26 heavy (non-hydrogen) atoms. The maximum absolute atomic E-state index is 12.8. The number of hydrogen-bond donors (Lipinski definition) is 0. The molecule has 0 spiro atoms. The number of hydrogen-bond acceptors (Lipinski definition) is 3. The van der Waals surface area contributed by atoms with E-state index in [9.17, 15) is 13.2 Å². The van der Waals surface area contributed by atoms with Gasteiger partial charge in [-0.1, -0.05) is 42.5 Å². The average molecular weight is 365 g/mol. The first-order valence-electron chi connectivity index (χ1n) is 8.67. The van der Waals surface area contributed by atoms with E-state index in [1.54, 1.807) is 4.90 Å². The molecule has 1 aliphatic heterocycles. The Bertz CT molecular complexity index is 674. The number of rotatable bonds is 6. The number of alkyl halides is 3. The minimum Gasteiger partial charge on any atom is -0.493 e. The van der Waals surface area contributed by atoms with Crippen molar-refractivity contribution in [3.63, 3.8) is 0 Å². The van der Waals surface area contributed by atoms with Crippen molar-refractivity contribution in [2.24, 2.45) is 0 Å². The molecule has 0 aromatic heterocycles. The average Bonchev–Trinajstić information content (AvgIpc) is 2.64. The predicted octanol–water partition coefficient (Wildman–Crippen LogP) is 4.07. The third kappa shape index (κ3) is 5.47. The topological polar surface area (TPSA) is 21.7 Å². The maximum atomic E-state index is 12.8. The molecule has 3 rings (SSSR count). The lowest BCUT2D eigenvalue weighted by Gasteiger charge is -2.33. The van der Waals surface area contributed by atoms with Crippen LogP contribution in [0.1, 0.15) is 11.1 Å². The van der Waals surface area contributed by atoms with Crippen LogP contribution in [0.15, 0.2) is 54.6 Å². The van der Waals surface area contributed by atoms with Gasteiger partial charge in [0, 0.05) is 26.1 Å². The van der Waals surface area contributed by atoms with Crippen LogP contribution < -0.4 is 4.74 Å². The van der Waals surface area contributed by atoms with E-state index in [1.807, 2.05) is 42.5 Å². The molecule has 0 amide bonds. The molecular formula is C20H22F3NO2. The van der Waals surface area contributed by atoms with Gasteiger partial charge in [-0.05, 0) is 23.3 Å². The minimum atomic E-state index is -4.31. The Labute approximate surface area is 151 Å². The van der Waals surface area contributed by atoms with E-state index in [0.717, 1.165) is 17.7 Å². The summed E-state index contributed by atoms with van der Waals surface area (Å²) in [6, 6.07) is 17.6. The van der Waals surface area contributed by atoms with E-state index in [4.69, 9.17) is 9.47 Å². The molecule has 1 heterocycles. The van der Waals surface area contributed by atoms with Crippen LogP contribution in [0.5, 0.6) is 5.75 Å². The molecule has 1 saturated heterocycles. The van der Waals surface area contributed by atoms with Crippen molar-refractivity contribution in [3.8, 4) is 5.75 Å². The monoisotopic (exact) mass is 365 g/mol. The predicted molar refractivity (Wildman–Crippen MR) is 93.2 cm³/mol. The molecule has 2 aromatic rings. The Morgan fingerprint density at radius 2 is 1.73 bits per heavy atom. The zero-order valence-corrected chi connectivity index (χ0v) is 14.4. The Morgan fingerprint density at radius 1 is 1.00 bits per heavy atom. The fourth-order valence-corrected chi connectivity index (χ4v) is 2.92. The summed E-state index contributed by atoms with van der Waals surface area (Å²) in [6.07, 6.45) is -5.18. The largest absolute Gasteiger partial charge is 0.493 e. The Morgan fingerprint density at radius 3 is 2.42 bits per heavy atom. The second-order valence-corrected chi connectivity index (χ2v) is 6.36. The molecule has 0 N–H and O–H groups in total. The summed E-state index contributed by atoms with van der Waals surface area (Å²) in [5, 5.41) is 0. The summed E-state index contributed by atoms with van der Waals surface area (Å²) >= 11 is 0. The quantitative estimate of drug-likeness (QED) is 0.770. The molecule has 0 saturated carbocycles. The highest BCUT2D eigenvalue weighted by atomic mass is 19.4. The molecule has 1 fully saturated rings. The van der Waals surface area contributed by atoms with Crippen LogP contribution in [0, 0.1) is 0 Å². The smallest absolute Gasteiger partial charge is 0.415 e. The highest BCUT2D eigenvalue weighted by Crippen LogP contribution is 2.26. The first kappa shape index (κ1) is 18.7. The third-order valence-electron chi connectivity index (χ3n) is 4.35. The third-order valence-corrected chi connectivity index (χ3v) is 4.35. The fraction of sp³-hybridized carbons (Fsp3) is 0.400. The molecule has 0 aliphatic carbocycles. The van der Waals surface area contributed by atoms with Crippen molar-refractivity contribution in [1.82, 2.24) is 4.90 Å². The first-order valence-corrected chi connectivity index (χ1v) is 8.67. The van der Waals surface area contributed by atoms with E-state index < -0.39 is 12.3 Å². The molecule has 1 aliphatic rings. The number of ether oxygens (including phenoxy) is 2. The van der Waals surface area contributed by atoms with Crippen molar-refractivity contribution in [1.29, 1.82) is 0 Å². The van der Waals surface area contributed by atoms with Gasteiger partial charge in [0.15, 0.2) is 6.10 Å². The summed E-state index contributed by atoms with van der Waals surface area (Å²) in [5.74, 6) is 0.764. The van der Waals surface area contributed by atoms with Crippen LogP contribution in [0.25, 0.3) is 0 Å². The van der Waals surface area contributed by atoms with Crippen molar-refractivity contribution in [2.45, 2.75) is 25.2 Å². The van der Waals surface area contributed by atoms with Crippen LogP contribution in [-0.4, -0.2) is 43.5 Å². The molecule has 0 bridgehead atoms. The van der Waals surface area contributed by atoms with Crippen molar-refractivity contribution < 1.29 is 22.6 Å². The zero-order valence-electron chi connectivity index (χ0n) is 14.4. The Kier molecular flexibility index (Phi) is 6.16. The summed E-state index contributed by atoms with van der Waals surface area (Å²) in [7, 11) is 0. The summed E-state index contributed by atoms with van der Waals surface area (Å²) in [6.45, 7) is 1.53. The molecular weight excluding hydrogens is 343 g/mol. The van der Waals surface area contributed by atoms with Gasteiger partial charge in [-0.25, -0.2) is 0 Å². The lowest BCUT2D eigenvalue weighted by molar-refractivity contribution is -0.237. The molecule has 0 radical (unpaired) electrons. The van der Waals surface area contributed by atoms with E-state index in [1.165, 1.54) is 5.56 Å². The van der Waals surface area contributed by atoms with Crippen molar-refractivity contribution in [2.75, 3.05) is 26.3 Å². The lowest BCUT2D eigenvalue weighted by Crippen LogP contribution is -2.48. The van der Waals surface area contributed by atoms with Crippen molar-refractivity contribution in [3.05, 3.63) is 65.7 Å². The van der Waals surface area contributed by atoms with Gasteiger partial charge in [-0.3, -0.25) is 4.90 Å². The number of nitrogens with zero attached hydrogens (tertiary/aromatic N) is 1. The highest BCUT2D eigenvalue weighted by molar-refractivity contribution is 5.27.